The van der Waals surface area contributed by atoms with Crippen LogP contribution in [0.1, 0.15) is 51.9 Å². The molecule has 0 radical (unpaired) electrons. The molecule has 0 spiro atoms. The Kier molecular flexibility index (Phi) is 9.72. The van der Waals surface area contributed by atoms with E-state index in [9.17, 15) is 31.9 Å². The van der Waals surface area contributed by atoms with Crippen LogP contribution < -0.4 is 5.32 Å². The molecule has 3 aromatic rings. The molecule has 0 aliphatic carbocycles. The van der Waals surface area contributed by atoms with Gasteiger partial charge in [0.1, 0.15) is 5.56 Å². The zero-order valence-corrected chi connectivity index (χ0v) is 23.3. The molecule has 2 aliphatic rings. The molecule has 2 aliphatic heterocycles. The van der Waals surface area contributed by atoms with E-state index < -0.39 is 46.8 Å². The number of hydrogen-bond acceptors (Lipinski definition) is 6. The highest BCUT2D eigenvalue weighted by Crippen LogP contribution is 2.42. The van der Waals surface area contributed by atoms with Crippen molar-refractivity contribution in [2.24, 2.45) is 5.92 Å². The molecular formula is C31H31F5N2O5. The molecule has 12 heteroatoms. The third kappa shape index (κ3) is 6.73. The van der Waals surface area contributed by atoms with E-state index in [0.717, 1.165) is 24.2 Å². The molecule has 0 saturated carbocycles. The average molecular weight is 607 g/mol. The molecule has 7 nitrogen and oxygen atoms in total. The van der Waals surface area contributed by atoms with Crippen LogP contribution in [-0.2, 0) is 27.4 Å². The highest BCUT2D eigenvalue weighted by Gasteiger charge is 2.39. The summed E-state index contributed by atoms with van der Waals surface area (Å²) in [6, 6.07) is 14.3. The van der Waals surface area contributed by atoms with Gasteiger partial charge in [-0.25, -0.2) is 22.0 Å². The summed E-state index contributed by atoms with van der Waals surface area (Å²) < 4.78 is 86.7. The second kappa shape index (κ2) is 13.5. The van der Waals surface area contributed by atoms with Gasteiger partial charge in [0.15, 0.2) is 29.6 Å². The summed E-state index contributed by atoms with van der Waals surface area (Å²) >= 11 is 0. The molecule has 0 bridgehead atoms. The second-order valence-electron chi connectivity index (χ2n) is 10.6. The standard InChI is InChI=1S/C31H31F5N2O5/c1-17-22(15-38-10-12-41-13-11-38)42-31(43-29(17)20-6-4-19(16-39)5-7-20)21-8-2-18(3-9-21)14-37-30(40)23-24(32)26(34)28(36)27(35)25(23)33/h2-9,17,22,29,31,39H,10-16H2,1H3,(H,37,40)/t17-,22+,29+,31+/m0/s1. The highest BCUT2D eigenvalue weighted by molar-refractivity contribution is 5.94. The van der Waals surface area contributed by atoms with Gasteiger partial charge in [0.2, 0.25) is 5.82 Å². The molecule has 2 saturated heterocycles. The molecule has 2 heterocycles. The third-order valence-electron chi connectivity index (χ3n) is 7.81. The number of nitrogens with zero attached hydrogens (tertiary/aromatic N) is 1. The summed E-state index contributed by atoms with van der Waals surface area (Å²) in [7, 11) is 0. The molecule has 2 fully saturated rings. The molecule has 4 atom stereocenters. The van der Waals surface area contributed by atoms with Gasteiger partial charge in [-0.3, -0.25) is 9.69 Å². The zero-order valence-electron chi connectivity index (χ0n) is 23.3. The number of rotatable bonds is 8. The largest absolute Gasteiger partial charge is 0.392 e. The lowest BCUT2D eigenvalue weighted by Crippen LogP contribution is -2.47. The minimum absolute atomic E-state index is 0.00418. The number of carbonyl (C=O) groups is 1. The second-order valence-corrected chi connectivity index (χ2v) is 10.6. The van der Waals surface area contributed by atoms with Crippen molar-refractivity contribution >= 4 is 5.91 Å². The van der Waals surface area contributed by atoms with Crippen molar-refractivity contribution in [2.45, 2.75) is 38.6 Å². The first-order valence-electron chi connectivity index (χ1n) is 13.9. The first kappa shape index (κ1) is 31.0. The van der Waals surface area contributed by atoms with Crippen LogP contribution in [0, 0.1) is 35.0 Å². The number of amides is 1. The fourth-order valence-electron chi connectivity index (χ4n) is 5.23. The lowest BCUT2D eigenvalue weighted by atomic mass is 9.90. The van der Waals surface area contributed by atoms with Crippen LogP contribution in [0.3, 0.4) is 0 Å². The van der Waals surface area contributed by atoms with Gasteiger partial charge in [-0.05, 0) is 16.7 Å². The number of aliphatic hydroxyl groups excluding tert-OH is 1. The molecule has 5 rings (SSSR count). The Morgan fingerprint density at radius 2 is 1.40 bits per heavy atom. The van der Waals surface area contributed by atoms with Gasteiger partial charge in [-0.2, -0.15) is 0 Å². The Hall–Kier alpha value is -3.42. The van der Waals surface area contributed by atoms with Gasteiger partial charge in [0.25, 0.3) is 5.91 Å². The maximum atomic E-state index is 14.0. The van der Waals surface area contributed by atoms with E-state index in [4.69, 9.17) is 14.2 Å². The molecule has 3 aromatic carbocycles. The van der Waals surface area contributed by atoms with E-state index in [0.29, 0.717) is 30.9 Å². The number of benzene rings is 3. The molecular weight excluding hydrogens is 575 g/mol. The summed E-state index contributed by atoms with van der Waals surface area (Å²) in [6.07, 6.45) is -1.22. The normalized spacial score (nSPS) is 22.9. The van der Waals surface area contributed by atoms with Crippen molar-refractivity contribution in [3.05, 3.63) is 105 Å². The van der Waals surface area contributed by atoms with Crippen LogP contribution in [0.5, 0.6) is 0 Å². The van der Waals surface area contributed by atoms with E-state index >= 15 is 0 Å². The van der Waals surface area contributed by atoms with Crippen molar-refractivity contribution in [3.8, 4) is 0 Å². The Balaban J connectivity index is 1.31. The van der Waals surface area contributed by atoms with Gasteiger partial charge < -0.3 is 24.6 Å². The molecule has 2 N–H and O–H groups in total. The number of morpholine rings is 1. The summed E-state index contributed by atoms with van der Waals surface area (Å²) in [6.45, 7) is 5.33. The minimum atomic E-state index is -2.33. The number of ether oxygens (including phenoxy) is 3. The van der Waals surface area contributed by atoms with Crippen molar-refractivity contribution in [1.82, 2.24) is 10.2 Å². The third-order valence-corrected chi connectivity index (χ3v) is 7.81. The van der Waals surface area contributed by atoms with E-state index in [-0.39, 0.29) is 31.3 Å². The van der Waals surface area contributed by atoms with Crippen molar-refractivity contribution in [2.75, 3.05) is 32.8 Å². The van der Waals surface area contributed by atoms with Crippen LogP contribution in [0.2, 0.25) is 0 Å². The highest BCUT2D eigenvalue weighted by atomic mass is 19.2. The number of hydrogen-bond donors (Lipinski definition) is 2. The maximum Gasteiger partial charge on any atom is 0.257 e. The Morgan fingerprint density at radius 3 is 2.00 bits per heavy atom. The van der Waals surface area contributed by atoms with Gasteiger partial charge >= 0.3 is 0 Å². The van der Waals surface area contributed by atoms with Gasteiger partial charge in [-0.15, -0.1) is 0 Å². The SMILES string of the molecule is C[C@H]1[C@@H](CN2CCOCC2)O[C@@H](c2ccc(CNC(=O)c3c(F)c(F)c(F)c(F)c3F)cc2)O[C@H]1c1ccc(CO)cc1. The van der Waals surface area contributed by atoms with Gasteiger partial charge in [-0.1, -0.05) is 55.5 Å². The topological polar surface area (TPSA) is 80.3 Å². The quantitative estimate of drug-likeness (QED) is 0.215. The van der Waals surface area contributed by atoms with Crippen LogP contribution >= 0.6 is 0 Å². The summed E-state index contributed by atoms with van der Waals surface area (Å²) in [5.41, 5.74) is 1.37. The number of carbonyl (C=O) groups excluding carboxylic acids is 1. The molecule has 1 amide bonds. The number of aliphatic hydroxyl groups is 1. The van der Waals surface area contributed by atoms with Gasteiger partial charge in [0.05, 0.1) is 32.0 Å². The lowest BCUT2D eigenvalue weighted by Gasteiger charge is -2.43. The van der Waals surface area contributed by atoms with E-state index in [1.54, 1.807) is 24.3 Å². The zero-order chi connectivity index (χ0) is 30.7. The average Bonchev–Trinajstić information content (AvgIpc) is 3.03. The van der Waals surface area contributed by atoms with Gasteiger partial charge in [0, 0.05) is 37.7 Å². The maximum absolute atomic E-state index is 14.0. The smallest absolute Gasteiger partial charge is 0.257 e. The predicted molar refractivity (Wildman–Crippen MR) is 144 cm³/mol. The summed E-state index contributed by atoms with van der Waals surface area (Å²) in [5, 5.41) is 11.6. The van der Waals surface area contributed by atoms with Crippen LogP contribution in [0.25, 0.3) is 0 Å². The van der Waals surface area contributed by atoms with Crippen LogP contribution in [-0.4, -0.2) is 54.9 Å². The Bertz CT molecular complexity index is 1400. The number of nitrogens with one attached hydrogen (secondary N) is 1. The first-order chi connectivity index (χ1) is 20.7. The monoisotopic (exact) mass is 606 g/mol. The number of halogens is 5. The predicted octanol–water partition coefficient (Wildman–Crippen LogP) is 4.93. The molecule has 0 aromatic heterocycles. The Morgan fingerprint density at radius 1 is 0.837 bits per heavy atom. The van der Waals surface area contributed by atoms with E-state index in [2.05, 4.69) is 17.1 Å². The summed E-state index contributed by atoms with van der Waals surface area (Å²) in [5.74, 6) is -12.6. The van der Waals surface area contributed by atoms with Crippen LogP contribution in [0.4, 0.5) is 22.0 Å². The fraction of sp³-hybridized carbons (Fsp3) is 0.387. The molecule has 230 valence electrons. The molecule has 43 heavy (non-hydrogen) atoms. The van der Waals surface area contributed by atoms with Crippen LogP contribution in [0.15, 0.2) is 48.5 Å². The Labute approximate surface area is 245 Å². The lowest BCUT2D eigenvalue weighted by molar-refractivity contribution is -0.277. The van der Waals surface area contributed by atoms with Crippen molar-refractivity contribution < 1.29 is 46.1 Å². The minimum Gasteiger partial charge on any atom is -0.392 e. The van der Waals surface area contributed by atoms with Crippen molar-refractivity contribution in [3.63, 3.8) is 0 Å². The fourth-order valence-corrected chi connectivity index (χ4v) is 5.23. The van der Waals surface area contributed by atoms with E-state index in [1.807, 2.05) is 24.3 Å². The first-order valence-corrected chi connectivity index (χ1v) is 13.9. The summed E-state index contributed by atoms with van der Waals surface area (Å²) in [4.78, 5) is 14.6. The molecule has 0 unspecified atom stereocenters. The van der Waals surface area contributed by atoms with E-state index in [1.165, 1.54) is 0 Å². The van der Waals surface area contributed by atoms with Crippen molar-refractivity contribution in [1.29, 1.82) is 0 Å².